The lowest BCUT2D eigenvalue weighted by Crippen LogP contribution is -2.30. The molecule has 8 nitrogen and oxygen atoms in total. The first-order chi connectivity index (χ1) is 17.9. The molecule has 1 heterocycles. The summed E-state index contributed by atoms with van der Waals surface area (Å²) in [6.07, 6.45) is 7.09. The van der Waals surface area contributed by atoms with Crippen molar-refractivity contribution >= 4 is 11.7 Å². The van der Waals surface area contributed by atoms with Gasteiger partial charge in [0.1, 0.15) is 12.4 Å². The maximum Gasteiger partial charge on any atom is 0.297 e. The van der Waals surface area contributed by atoms with E-state index in [1.165, 1.54) is 0 Å². The standard InChI is InChI=1S/C29H35N5O3/c1-4-33(3)17-18-37-25-8-6-5-7-23(25)29(13-14-29)32-26-28(36)34(16-15-30-26)24-19-21(10-9-20(24)2)27(35)31-22-11-12-22/h5-10,15-16,19,22H,4,11-14,17-18H2,1-3H3,(H,30,32)(H,31,35). The topological polar surface area (TPSA) is 88.5 Å². The number of anilines is 1. The van der Waals surface area contributed by atoms with Crippen molar-refractivity contribution < 1.29 is 9.53 Å². The molecule has 0 radical (unpaired) electrons. The number of ether oxygens (including phenoxy) is 1. The lowest BCUT2D eigenvalue weighted by atomic mass is 10.0. The van der Waals surface area contributed by atoms with E-state index in [1.807, 2.05) is 31.2 Å². The summed E-state index contributed by atoms with van der Waals surface area (Å²) < 4.78 is 7.72. The van der Waals surface area contributed by atoms with E-state index >= 15 is 0 Å². The quantitative estimate of drug-likeness (QED) is 0.415. The van der Waals surface area contributed by atoms with Gasteiger partial charge in [-0.3, -0.25) is 14.2 Å². The minimum absolute atomic E-state index is 0.108. The third-order valence-corrected chi connectivity index (χ3v) is 7.26. The smallest absolute Gasteiger partial charge is 0.297 e. The number of rotatable bonds is 11. The molecule has 8 heteroatoms. The van der Waals surface area contributed by atoms with Crippen molar-refractivity contribution in [2.45, 2.75) is 51.1 Å². The maximum atomic E-state index is 13.6. The lowest BCUT2D eigenvalue weighted by molar-refractivity contribution is 0.0951. The highest BCUT2D eigenvalue weighted by Gasteiger charge is 2.47. The third kappa shape index (κ3) is 5.54. The van der Waals surface area contributed by atoms with Crippen LogP contribution < -0.4 is 20.9 Å². The zero-order valence-electron chi connectivity index (χ0n) is 21.8. The van der Waals surface area contributed by atoms with Gasteiger partial charge in [-0.15, -0.1) is 0 Å². The van der Waals surface area contributed by atoms with E-state index in [1.54, 1.807) is 29.1 Å². The molecule has 0 unspecified atom stereocenters. The van der Waals surface area contributed by atoms with Crippen molar-refractivity contribution in [1.29, 1.82) is 0 Å². The molecule has 2 fully saturated rings. The number of nitrogens with zero attached hydrogens (tertiary/aromatic N) is 3. The molecule has 2 aliphatic rings. The fourth-order valence-corrected chi connectivity index (χ4v) is 4.46. The van der Waals surface area contributed by atoms with Crippen molar-refractivity contribution in [3.8, 4) is 11.4 Å². The molecular weight excluding hydrogens is 466 g/mol. The summed E-state index contributed by atoms with van der Waals surface area (Å²) in [5.74, 6) is 1.01. The Labute approximate surface area is 217 Å². The van der Waals surface area contributed by atoms with Gasteiger partial charge in [0.25, 0.3) is 11.5 Å². The number of amides is 1. The predicted molar refractivity (Wildman–Crippen MR) is 145 cm³/mol. The highest BCUT2D eigenvalue weighted by Crippen LogP contribution is 2.50. The molecule has 2 aromatic carbocycles. The Hall–Kier alpha value is -3.65. The summed E-state index contributed by atoms with van der Waals surface area (Å²) >= 11 is 0. The Kier molecular flexibility index (Phi) is 7.02. The van der Waals surface area contributed by atoms with Gasteiger partial charge in [0, 0.05) is 36.1 Å². The van der Waals surface area contributed by atoms with E-state index in [9.17, 15) is 9.59 Å². The fraction of sp³-hybridized carbons (Fsp3) is 0.414. The molecule has 2 saturated carbocycles. The molecule has 37 heavy (non-hydrogen) atoms. The summed E-state index contributed by atoms with van der Waals surface area (Å²) in [6.45, 7) is 6.46. The van der Waals surface area contributed by atoms with E-state index in [4.69, 9.17) is 4.74 Å². The Morgan fingerprint density at radius 3 is 2.73 bits per heavy atom. The second-order valence-electron chi connectivity index (χ2n) is 10.1. The van der Waals surface area contributed by atoms with Crippen LogP contribution in [0, 0.1) is 6.92 Å². The number of benzene rings is 2. The molecule has 2 N–H and O–H groups in total. The highest BCUT2D eigenvalue weighted by molar-refractivity contribution is 5.95. The SMILES string of the molecule is CCN(C)CCOc1ccccc1C1(Nc2nccn(-c3cc(C(=O)NC4CC4)ccc3C)c2=O)CC1. The second-order valence-corrected chi connectivity index (χ2v) is 10.1. The normalized spacial score (nSPS) is 15.9. The number of para-hydroxylation sites is 1. The molecule has 0 atom stereocenters. The molecule has 0 saturated heterocycles. The zero-order chi connectivity index (χ0) is 26.0. The molecule has 1 aromatic heterocycles. The van der Waals surface area contributed by atoms with E-state index in [0.29, 0.717) is 17.9 Å². The summed E-state index contributed by atoms with van der Waals surface area (Å²) in [6, 6.07) is 13.8. The van der Waals surface area contributed by atoms with E-state index < -0.39 is 0 Å². The number of aryl methyl sites for hydroxylation is 1. The van der Waals surface area contributed by atoms with E-state index in [2.05, 4.69) is 40.6 Å². The first-order valence-electron chi connectivity index (χ1n) is 13.1. The number of carbonyl (C=O) groups is 1. The van der Waals surface area contributed by atoms with Crippen LogP contribution in [0.1, 0.15) is 54.1 Å². The number of likely N-dealkylation sites (N-methyl/N-ethyl adjacent to an activating group) is 1. The average molecular weight is 502 g/mol. The maximum absolute atomic E-state index is 13.6. The van der Waals surface area contributed by atoms with Crippen LogP contribution in [0.25, 0.3) is 5.69 Å². The van der Waals surface area contributed by atoms with Crippen LogP contribution >= 0.6 is 0 Å². The van der Waals surface area contributed by atoms with Gasteiger partial charge in [-0.1, -0.05) is 31.2 Å². The van der Waals surface area contributed by atoms with Gasteiger partial charge in [-0.2, -0.15) is 0 Å². The Morgan fingerprint density at radius 1 is 1.22 bits per heavy atom. The minimum Gasteiger partial charge on any atom is -0.492 e. The minimum atomic E-state index is -0.389. The lowest BCUT2D eigenvalue weighted by Gasteiger charge is -2.23. The Bertz CT molecular complexity index is 1340. The van der Waals surface area contributed by atoms with Gasteiger partial charge < -0.3 is 20.3 Å². The molecule has 5 rings (SSSR count). The zero-order valence-corrected chi connectivity index (χ0v) is 21.8. The van der Waals surface area contributed by atoms with Crippen LogP contribution in [0.5, 0.6) is 5.75 Å². The fourth-order valence-electron chi connectivity index (χ4n) is 4.46. The Morgan fingerprint density at radius 2 is 2.00 bits per heavy atom. The molecule has 1 amide bonds. The van der Waals surface area contributed by atoms with Crippen LogP contribution in [0.3, 0.4) is 0 Å². The van der Waals surface area contributed by atoms with Crippen molar-refractivity contribution in [1.82, 2.24) is 19.8 Å². The summed E-state index contributed by atoms with van der Waals surface area (Å²) in [5, 5.41) is 6.47. The van der Waals surface area contributed by atoms with Crippen molar-refractivity contribution in [3.63, 3.8) is 0 Å². The van der Waals surface area contributed by atoms with Gasteiger partial charge in [-0.25, -0.2) is 4.98 Å². The van der Waals surface area contributed by atoms with Crippen LogP contribution in [-0.4, -0.2) is 53.1 Å². The molecule has 0 bridgehead atoms. The second kappa shape index (κ2) is 10.4. The van der Waals surface area contributed by atoms with Crippen LogP contribution in [0.4, 0.5) is 5.82 Å². The number of aromatic nitrogens is 2. The molecular formula is C29H35N5O3. The van der Waals surface area contributed by atoms with E-state index in [-0.39, 0.29) is 28.9 Å². The van der Waals surface area contributed by atoms with E-state index in [0.717, 1.165) is 55.6 Å². The largest absolute Gasteiger partial charge is 0.492 e. The monoisotopic (exact) mass is 501 g/mol. The summed E-state index contributed by atoms with van der Waals surface area (Å²) in [7, 11) is 2.07. The van der Waals surface area contributed by atoms with Gasteiger partial charge in [0.15, 0.2) is 5.82 Å². The van der Waals surface area contributed by atoms with Crippen LogP contribution in [-0.2, 0) is 5.54 Å². The number of hydrogen-bond acceptors (Lipinski definition) is 6. The number of nitrogens with one attached hydrogen (secondary N) is 2. The van der Waals surface area contributed by atoms with Gasteiger partial charge in [0.2, 0.25) is 0 Å². The van der Waals surface area contributed by atoms with Crippen molar-refractivity contribution in [2.75, 3.05) is 32.1 Å². The third-order valence-electron chi connectivity index (χ3n) is 7.26. The first kappa shape index (κ1) is 25.0. The predicted octanol–water partition coefficient (Wildman–Crippen LogP) is 3.86. The van der Waals surface area contributed by atoms with Gasteiger partial charge in [-0.05, 0) is 70.0 Å². The molecule has 0 spiro atoms. The Balaban J connectivity index is 1.40. The summed E-state index contributed by atoms with van der Waals surface area (Å²) in [4.78, 5) is 32.8. The number of carbonyl (C=O) groups excluding carboxylic acids is 1. The highest BCUT2D eigenvalue weighted by atomic mass is 16.5. The van der Waals surface area contributed by atoms with Gasteiger partial charge >= 0.3 is 0 Å². The van der Waals surface area contributed by atoms with Crippen molar-refractivity contribution in [3.05, 3.63) is 81.9 Å². The molecule has 194 valence electrons. The molecule has 2 aliphatic carbocycles. The number of hydrogen-bond donors (Lipinski definition) is 2. The van der Waals surface area contributed by atoms with Gasteiger partial charge in [0.05, 0.1) is 11.2 Å². The first-order valence-corrected chi connectivity index (χ1v) is 13.1. The summed E-state index contributed by atoms with van der Waals surface area (Å²) in [5.41, 5.74) is 2.52. The van der Waals surface area contributed by atoms with Crippen molar-refractivity contribution in [2.24, 2.45) is 0 Å². The van der Waals surface area contributed by atoms with Crippen LogP contribution in [0.15, 0.2) is 59.7 Å². The average Bonchev–Trinajstić information content (AvgIpc) is 3.84. The molecule has 0 aliphatic heterocycles. The van der Waals surface area contributed by atoms with Crippen LogP contribution in [0.2, 0.25) is 0 Å². The molecule has 3 aromatic rings.